The molecule has 0 amide bonds. The van der Waals surface area contributed by atoms with E-state index in [2.05, 4.69) is 6.58 Å². The molecule has 1 atom stereocenters. The highest BCUT2D eigenvalue weighted by atomic mass is 28.3. The summed E-state index contributed by atoms with van der Waals surface area (Å²) in [4.78, 5) is 8.96. The van der Waals surface area contributed by atoms with Crippen molar-refractivity contribution in [3.8, 4) is 0 Å². The van der Waals surface area contributed by atoms with E-state index in [1.54, 1.807) is 5.70 Å². The van der Waals surface area contributed by atoms with Crippen LogP contribution in [0.5, 0.6) is 0 Å². The minimum atomic E-state index is -1.49. The lowest BCUT2D eigenvalue weighted by Crippen LogP contribution is -2.11. The van der Waals surface area contributed by atoms with Crippen molar-refractivity contribution in [2.75, 3.05) is 0 Å². The van der Waals surface area contributed by atoms with Crippen LogP contribution in [-0.4, -0.2) is 13.8 Å². The molecule has 0 saturated heterocycles. The minimum absolute atomic E-state index is 0.442. The molecule has 0 saturated carbocycles. The van der Waals surface area contributed by atoms with Gasteiger partial charge in [0.15, 0.2) is 9.04 Å². The molecule has 1 N–H and O–H groups in total. The lowest BCUT2D eigenvalue weighted by atomic mass is 10.6. The van der Waals surface area contributed by atoms with Crippen LogP contribution in [0.15, 0.2) is 12.3 Å². The molecule has 0 aliphatic carbocycles. The van der Waals surface area contributed by atoms with Gasteiger partial charge in [-0.3, -0.25) is 0 Å². The molecule has 2 heteroatoms. The lowest BCUT2D eigenvalue weighted by molar-refractivity contribution is 0.568. The van der Waals surface area contributed by atoms with E-state index in [9.17, 15) is 0 Å². The van der Waals surface area contributed by atoms with Crippen LogP contribution in [0.25, 0.3) is 0 Å². The highest BCUT2D eigenvalue weighted by molar-refractivity contribution is 6.57. The third-order valence-corrected chi connectivity index (χ3v) is 2.77. The quantitative estimate of drug-likeness (QED) is 0.530. The summed E-state index contributed by atoms with van der Waals surface area (Å²) in [7, 11) is -1.49. The Morgan fingerprint density at radius 1 is 1.71 bits per heavy atom. The molecule has 0 aliphatic rings. The van der Waals surface area contributed by atoms with Gasteiger partial charge in [0.25, 0.3) is 0 Å². The molecule has 7 heavy (non-hydrogen) atoms. The Morgan fingerprint density at radius 3 is 2.14 bits per heavy atom. The first-order valence-electron chi connectivity index (χ1n) is 2.49. The summed E-state index contributed by atoms with van der Waals surface area (Å²) in [5.74, 6) is 0. The van der Waals surface area contributed by atoms with Crippen LogP contribution in [0.4, 0.5) is 0 Å². The van der Waals surface area contributed by atoms with Gasteiger partial charge in [0.1, 0.15) is 0 Å². The molecule has 0 heterocycles. The Kier molecular flexibility index (Phi) is 2.95. The molecule has 0 radical (unpaired) electrons. The SMILES string of the molecule is C=C[SiH](O)C(C)C. The molecule has 0 aromatic heterocycles. The van der Waals surface area contributed by atoms with Gasteiger partial charge in [-0.15, -0.1) is 6.58 Å². The first-order chi connectivity index (χ1) is 3.18. The average molecular weight is 116 g/mol. The van der Waals surface area contributed by atoms with Crippen LogP contribution in [-0.2, 0) is 0 Å². The zero-order valence-corrected chi connectivity index (χ0v) is 6.04. The van der Waals surface area contributed by atoms with E-state index in [1.165, 1.54) is 0 Å². The smallest absolute Gasteiger partial charge is 0.198 e. The summed E-state index contributed by atoms with van der Waals surface area (Å²) >= 11 is 0. The highest BCUT2D eigenvalue weighted by Gasteiger charge is 2.04. The van der Waals surface area contributed by atoms with Crippen LogP contribution in [0, 0.1) is 0 Å². The summed E-state index contributed by atoms with van der Waals surface area (Å²) in [6, 6.07) is 0. The van der Waals surface area contributed by atoms with E-state index < -0.39 is 9.04 Å². The zero-order valence-electron chi connectivity index (χ0n) is 4.89. The van der Waals surface area contributed by atoms with Gasteiger partial charge in [-0.05, 0) is 5.54 Å². The van der Waals surface area contributed by atoms with Gasteiger partial charge in [0.2, 0.25) is 0 Å². The number of hydrogen-bond acceptors (Lipinski definition) is 1. The van der Waals surface area contributed by atoms with Crippen molar-refractivity contribution in [2.24, 2.45) is 0 Å². The predicted octanol–water partition coefficient (Wildman–Crippen LogP) is 0.838. The predicted molar refractivity (Wildman–Crippen MR) is 34.7 cm³/mol. The molecular formula is C5H12OSi. The third kappa shape index (κ3) is 2.59. The van der Waals surface area contributed by atoms with Crippen molar-refractivity contribution in [3.63, 3.8) is 0 Å². The molecule has 0 aromatic rings. The summed E-state index contributed by atoms with van der Waals surface area (Å²) in [5, 5.41) is 0. The fourth-order valence-electron chi connectivity index (χ4n) is 0.272. The minimum Gasteiger partial charge on any atom is -0.431 e. The summed E-state index contributed by atoms with van der Waals surface area (Å²) < 4.78 is 0. The van der Waals surface area contributed by atoms with Gasteiger partial charge in [0.05, 0.1) is 0 Å². The van der Waals surface area contributed by atoms with Crippen molar-refractivity contribution in [1.29, 1.82) is 0 Å². The van der Waals surface area contributed by atoms with Crippen LogP contribution in [0.3, 0.4) is 0 Å². The van der Waals surface area contributed by atoms with Gasteiger partial charge in [0, 0.05) is 0 Å². The van der Waals surface area contributed by atoms with Gasteiger partial charge in [-0.2, -0.15) is 0 Å². The molecule has 0 spiro atoms. The molecule has 0 fully saturated rings. The molecular weight excluding hydrogens is 104 g/mol. The number of rotatable bonds is 2. The molecule has 1 unspecified atom stereocenters. The van der Waals surface area contributed by atoms with E-state index in [-0.39, 0.29) is 0 Å². The van der Waals surface area contributed by atoms with Crippen molar-refractivity contribution >= 4 is 9.04 Å². The van der Waals surface area contributed by atoms with Gasteiger partial charge in [-0.25, -0.2) is 0 Å². The van der Waals surface area contributed by atoms with Crippen molar-refractivity contribution in [2.45, 2.75) is 19.4 Å². The third-order valence-electron chi connectivity index (χ3n) is 0.925. The van der Waals surface area contributed by atoms with Gasteiger partial charge < -0.3 is 4.80 Å². The van der Waals surface area contributed by atoms with Crippen LogP contribution < -0.4 is 0 Å². The first-order valence-corrected chi connectivity index (χ1v) is 4.34. The zero-order chi connectivity index (χ0) is 5.86. The van der Waals surface area contributed by atoms with Gasteiger partial charge in [-0.1, -0.05) is 19.5 Å². The average Bonchev–Trinajstić information content (AvgIpc) is 1.65. The first kappa shape index (κ1) is 6.92. The molecule has 1 nitrogen and oxygen atoms in total. The fraction of sp³-hybridized carbons (Fsp3) is 0.600. The Labute approximate surface area is 46.4 Å². The van der Waals surface area contributed by atoms with Crippen molar-refractivity contribution < 1.29 is 4.80 Å². The highest BCUT2D eigenvalue weighted by Crippen LogP contribution is 2.03. The van der Waals surface area contributed by atoms with Gasteiger partial charge >= 0.3 is 0 Å². The van der Waals surface area contributed by atoms with Crippen LogP contribution in [0.2, 0.25) is 5.54 Å². The maximum atomic E-state index is 8.96. The summed E-state index contributed by atoms with van der Waals surface area (Å²) in [6.45, 7) is 7.52. The molecule has 0 aliphatic heterocycles. The number of hydrogen-bond donors (Lipinski definition) is 1. The maximum absolute atomic E-state index is 8.96. The van der Waals surface area contributed by atoms with Crippen LogP contribution in [0.1, 0.15) is 13.8 Å². The van der Waals surface area contributed by atoms with Crippen molar-refractivity contribution in [1.82, 2.24) is 0 Å². The molecule has 0 aromatic carbocycles. The normalized spacial score (nSPS) is 14.3. The second-order valence-corrected chi connectivity index (χ2v) is 4.76. The summed E-state index contributed by atoms with van der Waals surface area (Å²) in [5.41, 5.74) is 2.13. The Bertz CT molecular complexity index is 61.1. The largest absolute Gasteiger partial charge is 0.431 e. The molecule has 0 rings (SSSR count). The topological polar surface area (TPSA) is 20.2 Å². The maximum Gasteiger partial charge on any atom is 0.198 e. The fourth-order valence-corrected chi connectivity index (χ4v) is 0.816. The lowest BCUT2D eigenvalue weighted by Gasteiger charge is -2.03. The van der Waals surface area contributed by atoms with Crippen molar-refractivity contribution in [3.05, 3.63) is 12.3 Å². The van der Waals surface area contributed by atoms with E-state index in [0.29, 0.717) is 5.54 Å². The van der Waals surface area contributed by atoms with Crippen LogP contribution >= 0.6 is 0 Å². The van der Waals surface area contributed by atoms with E-state index >= 15 is 0 Å². The Morgan fingerprint density at radius 2 is 2.14 bits per heavy atom. The molecule has 42 valence electrons. The monoisotopic (exact) mass is 116 g/mol. The van der Waals surface area contributed by atoms with E-state index in [4.69, 9.17) is 4.80 Å². The standard InChI is InChI=1S/C5H12OSi/c1-4-7(6)5(2)3/h4-7H,1H2,2-3H3. The Balaban J connectivity index is 3.33. The molecule has 0 bridgehead atoms. The second-order valence-electron chi connectivity index (χ2n) is 1.97. The van der Waals surface area contributed by atoms with E-state index in [0.717, 1.165) is 0 Å². The Hall–Kier alpha value is -0.0831. The second kappa shape index (κ2) is 2.99. The van der Waals surface area contributed by atoms with E-state index in [1.807, 2.05) is 13.8 Å². The summed E-state index contributed by atoms with van der Waals surface area (Å²) in [6.07, 6.45) is 0.